The molecule has 0 atom stereocenters. The zero-order valence-electron chi connectivity index (χ0n) is 16.5. The number of rotatable bonds is 11. The van der Waals surface area contributed by atoms with Crippen molar-refractivity contribution in [3.8, 4) is 11.4 Å². The van der Waals surface area contributed by atoms with Gasteiger partial charge in [0, 0.05) is 23.6 Å². The highest BCUT2D eigenvalue weighted by Gasteiger charge is 2.27. The number of aromatic amines is 1. The lowest BCUT2D eigenvalue weighted by atomic mass is 10.2. The van der Waals surface area contributed by atoms with Gasteiger partial charge in [-0.15, -0.1) is 0 Å². The monoisotopic (exact) mass is 369 g/mol. The second-order valence-electron chi connectivity index (χ2n) is 7.39. The SMILES string of the molecule is CCCN(CCC)CCCC(=O)Nc1ccc(-c2n[nH]c(C3CC3)n2)cc1. The number of carbonyl (C=O) groups is 1. The molecule has 0 saturated heterocycles. The molecule has 1 amide bonds. The zero-order chi connectivity index (χ0) is 19.1. The third kappa shape index (κ3) is 5.89. The maximum Gasteiger partial charge on any atom is 0.224 e. The Morgan fingerprint density at radius 2 is 1.85 bits per heavy atom. The molecule has 2 aromatic rings. The Hall–Kier alpha value is -2.21. The molecule has 1 aromatic carbocycles. The van der Waals surface area contributed by atoms with Gasteiger partial charge < -0.3 is 10.2 Å². The summed E-state index contributed by atoms with van der Waals surface area (Å²) in [5, 5.41) is 10.3. The van der Waals surface area contributed by atoms with Gasteiger partial charge in [0.15, 0.2) is 5.82 Å². The van der Waals surface area contributed by atoms with E-state index in [0.29, 0.717) is 12.3 Å². The fourth-order valence-electron chi connectivity index (χ4n) is 3.30. The number of amides is 1. The van der Waals surface area contributed by atoms with Gasteiger partial charge in [0.25, 0.3) is 0 Å². The minimum Gasteiger partial charge on any atom is -0.326 e. The maximum absolute atomic E-state index is 12.2. The average molecular weight is 370 g/mol. The second-order valence-corrected chi connectivity index (χ2v) is 7.39. The number of hydrogen-bond acceptors (Lipinski definition) is 4. The predicted molar refractivity (Wildman–Crippen MR) is 109 cm³/mol. The standard InChI is InChI=1S/C21H31N5O/c1-3-13-26(14-4-2)15-5-6-19(27)22-18-11-9-17(10-12-18)21-23-20(24-25-21)16-7-8-16/h9-12,16H,3-8,13-15H2,1-2H3,(H,22,27)(H,23,24,25). The zero-order valence-corrected chi connectivity index (χ0v) is 16.5. The molecule has 0 unspecified atom stereocenters. The van der Waals surface area contributed by atoms with Crippen LogP contribution >= 0.6 is 0 Å². The number of nitrogens with one attached hydrogen (secondary N) is 2. The van der Waals surface area contributed by atoms with Crippen molar-refractivity contribution in [1.82, 2.24) is 20.1 Å². The van der Waals surface area contributed by atoms with Gasteiger partial charge in [-0.1, -0.05) is 13.8 Å². The van der Waals surface area contributed by atoms with E-state index >= 15 is 0 Å². The largest absolute Gasteiger partial charge is 0.326 e. The first kappa shape index (κ1) is 19.5. The number of hydrogen-bond donors (Lipinski definition) is 2. The van der Waals surface area contributed by atoms with Gasteiger partial charge in [-0.25, -0.2) is 4.98 Å². The number of H-pyrrole nitrogens is 1. The van der Waals surface area contributed by atoms with E-state index in [1.165, 1.54) is 12.8 Å². The van der Waals surface area contributed by atoms with Crippen molar-refractivity contribution in [2.45, 2.75) is 58.3 Å². The van der Waals surface area contributed by atoms with E-state index < -0.39 is 0 Å². The molecule has 1 heterocycles. The summed E-state index contributed by atoms with van der Waals surface area (Å²) in [6, 6.07) is 7.75. The molecule has 0 spiro atoms. The summed E-state index contributed by atoms with van der Waals surface area (Å²) < 4.78 is 0. The summed E-state index contributed by atoms with van der Waals surface area (Å²) in [6.07, 6.45) is 6.17. The minimum atomic E-state index is 0.0737. The first-order valence-corrected chi connectivity index (χ1v) is 10.2. The molecule has 1 fully saturated rings. The van der Waals surface area contributed by atoms with Crippen LogP contribution in [0.15, 0.2) is 24.3 Å². The first-order valence-electron chi connectivity index (χ1n) is 10.2. The van der Waals surface area contributed by atoms with E-state index in [-0.39, 0.29) is 5.91 Å². The number of carbonyl (C=O) groups excluding carboxylic acids is 1. The van der Waals surface area contributed by atoms with Crippen molar-refractivity contribution in [1.29, 1.82) is 0 Å². The van der Waals surface area contributed by atoms with Crippen LogP contribution in [0.5, 0.6) is 0 Å². The van der Waals surface area contributed by atoms with Gasteiger partial charge in [-0.3, -0.25) is 9.89 Å². The highest BCUT2D eigenvalue weighted by atomic mass is 16.1. The van der Waals surface area contributed by atoms with Crippen LogP contribution in [-0.2, 0) is 4.79 Å². The summed E-state index contributed by atoms with van der Waals surface area (Å²) in [4.78, 5) is 19.2. The number of aromatic nitrogens is 3. The van der Waals surface area contributed by atoms with Gasteiger partial charge >= 0.3 is 0 Å². The molecule has 1 aromatic heterocycles. The van der Waals surface area contributed by atoms with Crippen LogP contribution in [0.4, 0.5) is 5.69 Å². The van der Waals surface area contributed by atoms with Gasteiger partial charge in [0.2, 0.25) is 5.91 Å². The van der Waals surface area contributed by atoms with Crippen molar-refractivity contribution >= 4 is 11.6 Å². The average Bonchev–Trinajstić information content (AvgIpc) is 3.40. The molecule has 0 bridgehead atoms. The predicted octanol–water partition coefficient (Wildman–Crippen LogP) is 4.19. The second kappa shape index (κ2) is 9.65. The summed E-state index contributed by atoms with van der Waals surface area (Å²) in [5.41, 5.74) is 1.78. The molecular formula is C21H31N5O. The lowest BCUT2D eigenvalue weighted by Gasteiger charge is -2.20. The van der Waals surface area contributed by atoms with E-state index in [2.05, 4.69) is 39.2 Å². The van der Waals surface area contributed by atoms with Crippen LogP contribution in [0.2, 0.25) is 0 Å². The molecule has 6 nitrogen and oxygen atoms in total. The van der Waals surface area contributed by atoms with Crippen LogP contribution in [-0.4, -0.2) is 45.6 Å². The Kier molecular flexibility index (Phi) is 6.98. The van der Waals surface area contributed by atoms with Gasteiger partial charge in [-0.2, -0.15) is 5.10 Å². The molecule has 1 aliphatic rings. The van der Waals surface area contributed by atoms with Gasteiger partial charge in [0.05, 0.1) is 0 Å². The van der Waals surface area contributed by atoms with E-state index in [0.717, 1.165) is 61.8 Å². The lowest BCUT2D eigenvalue weighted by molar-refractivity contribution is -0.116. The highest BCUT2D eigenvalue weighted by Crippen LogP contribution is 2.38. The first-order chi connectivity index (χ1) is 13.2. The van der Waals surface area contributed by atoms with E-state index in [4.69, 9.17) is 0 Å². The molecule has 0 aliphatic heterocycles. The number of anilines is 1. The third-order valence-electron chi connectivity index (χ3n) is 4.85. The van der Waals surface area contributed by atoms with E-state index in [1.54, 1.807) is 0 Å². The fraction of sp³-hybridized carbons (Fsp3) is 0.571. The Balaban J connectivity index is 1.45. The fourth-order valence-corrected chi connectivity index (χ4v) is 3.30. The summed E-state index contributed by atoms with van der Waals surface area (Å²) in [5.74, 6) is 2.35. The molecule has 1 saturated carbocycles. The molecule has 3 rings (SSSR count). The lowest BCUT2D eigenvalue weighted by Crippen LogP contribution is -2.27. The maximum atomic E-state index is 12.2. The van der Waals surface area contributed by atoms with Gasteiger partial charge in [-0.05, 0) is 76.0 Å². The third-order valence-corrected chi connectivity index (χ3v) is 4.85. The Labute approximate surface area is 161 Å². The van der Waals surface area contributed by atoms with Crippen molar-refractivity contribution in [3.63, 3.8) is 0 Å². The summed E-state index contributed by atoms with van der Waals surface area (Å²) in [7, 11) is 0. The van der Waals surface area contributed by atoms with Crippen LogP contribution in [0.1, 0.15) is 64.1 Å². The summed E-state index contributed by atoms with van der Waals surface area (Å²) in [6.45, 7) is 7.61. The Morgan fingerprint density at radius 1 is 1.15 bits per heavy atom. The van der Waals surface area contributed by atoms with Crippen molar-refractivity contribution in [3.05, 3.63) is 30.1 Å². The van der Waals surface area contributed by atoms with E-state index in [9.17, 15) is 4.79 Å². The van der Waals surface area contributed by atoms with Crippen molar-refractivity contribution in [2.75, 3.05) is 25.0 Å². The van der Waals surface area contributed by atoms with Crippen LogP contribution in [0.3, 0.4) is 0 Å². The summed E-state index contributed by atoms with van der Waals surface area (Å²) >= 11 is 0. The molecule has 146 valence electrons. The smallest absolute Gasteiger partial charge is 0.224 e. The number of nitrogens with zero attached hydrogens (tertiary/aromatic N) is 3. The topological polar surface area (TPSA) is 73.9 Å². The number of benzene rings is 1. The molecule has 0 radical (unpaired) electrons. The van der Waals surface area contributed by atoms with E-state index in [1.807, 2.05) is 24.3 Å². The van der Waals surface area contributed by atoms with Crippen LogP contribution in [0, 0.1) is 0 Å². The molecule has 1 aliphatic carbocycles. The molecule has 6 heteroatoms. The molecule has 27 heavy (non-hydrogen) atoms. The molecular weight excluding hydrogens is 338 g/mol. The minimum absolute atomic E-state index is 0.0737. The van der Waals surface area contributed by atoms with Crippen molar-refractivity contribution < 1.29 is 4.79 Å². The Bertz CT molecular complexity index is 714. The van der Waals surface area contributed by atoms with Crippen LogP contribution in [0.25, 0.3) is 11.4 Å². The van der Waals surface area contributed by atoms with Crippen LogP contribution < -0.4 is 5.32 Å². The Morgan fingerprint density at radius 3 is 2.48 bits per heavy atom. The van der Waals surface area contributed by atoms with Gasteiger partial charge in [0.1, 0.15) is 5.82 Å². The quantitative estimate of drug-likeness (QED) is 0.623. The normalized spacial score (nSPS) is 13.9. The van der Waals surface area contributed by atoms with Crippen molar-refractivity contribution in [2.24, 2.45) is 0 Å². The molecule has 2 N–H and O–H groups in total. The highest BCUT2D eigenvalue weighted by molar-refractivity contribution is 5.90.